The van der Waals surface area contributed by atoms with Crippen LogP contribution in [0, 0.1) is 11.8 Å². The Hall–Kier alpha value is -2.52. The van der Waals surface area contributed by atoms with Crippen molar-refractivity contribution in [3.8, 4) is 23.3 Å². The van der Waals surface area contributed by atoms with E-state index in [-0.39, 0.29) is 5.69 Å². The minimum atomic E-state index is 0.279. The SMILES string of the molecule is COc1cc(C#Cc2cnc(SC)nc2C=O)cc(OC)c1. The number of hydrogen-bond acceptors (Lipinski definition) is 6. The van der Waals surface area contributed by atoms with Crippen molar-refractivity contribution < 1.29 is 14.3 Å². The lowest BCUT2D eigenvalue weighted by Gasteiger charge is -2.04. The van der Waals surface area contributed by atoms with Crippen molar-refractivity contribution in [3.63, 3.8) is 0 Å². The van der Waals surface area contributed by atoms with E-state index in [9.17, 15) is 4.79 Å². The first-order valence-electron chi connectivity index (χ1n) is 6.31. The quantitative estimate of drug-likeness (QED) is 0.374. The smallest absolute Gasteiger partial charge is 0.187 e. The van der Waals surface area contributed by atoms with Crippen LogP contribution in [0.4, 0.5) is 0 Å². The lowest BCUT2D eigenvalue weighted by atomic mass is 10.1. The zero-order valence-corrected chi connectivity index (χ0v) is 13.2. The first-order valence-corrected chi connectivity index (χ1v) is 7.54. The van der Waals surface area contributed by atoms with Crippen molar-refractivity contribution in [3.05, 3.63) is 41.2 Å². The molecular weight excluding hydrogens is 300 g/mol. The largest absolute Gasteiger partial charge is 0.497 e. The molecule has 1 heterocycles. The maximum Gasteiger partial charge on any atom is 0.187 e. The maximum absolute atomic E-state index is 11.1. The van der Waals surface area contributed by atoms with E-state index in [4.69, 9.17) is 9.47 Å². The van der Waals surface area contributed by atoms with Gasteiger partial charge in [0.1, 0.15) is 17.2 Å². The van der Waals surface area contributed by atoms with Crippen LogP contribution >= 0.6 is 11.8 Å². The van der Waals surface area contributed by atoms with Crippen LogP contribution in [0.1, 0.15) is 21.6 Å². The molecule has 0 aliphatic heterocycles. The first kappa shape index (κ1) is 15.9. The van der Waals surface area contributed by atoms with Crippen LogP contribution in [-0.2, 0) is 0 Å². The van der Waals surface area contributed by atoms with Gasteiger partial charge in [-0.3, -0.25) is 4.79 Å². The molecule has 0 aliphatic rings. The number of aldehydes is 1. The average molecular weight is 314 g/mol. The van der Waals surface area contributed by atoms with Gasteiger partial charge in [0.2, 0.25) is 0 Å². The Kier molecular flexibility index (Phi) is 5.39. The molecule has 22 heavy (non-hydrogen) atoms. The fourth-order valence-electron chi connectivity index (χ4n) is 1.68. The van der Waals surface area contributed by atoms with E-state index in [0.717, 1.165) is 0 Å². The van der Waals surface area contributed by atoms with Crippen LogP contribution in [-0.4, -0.2) is 36.7 Å². The normalized spacial score (nSPS) is 9.59. The topological polar surface area (TPSA) is 61.3 Å². The molecule has 0 saturated carbocycles. The second kappa shape index (κ2) is 7.48. The molecule has 5 nitrogen and oxygen atoms in total. The third-order valence-electron chi connectivity index (χ3n) is 2.78. The minimum Gasteiger partial charge on any atom is -0.497 e. The Morgan fingerprint density at radius 3 is 2.36 bits per heavy atom. The number of hydrogen-bond donors (Lipinski definition) is 0. The molecule has 0 unspecified atom stereocenters. The molecule has 0 bridgehead atoms. The summed E-state index contributed by atoms with van der Waals surface area (Å²) in [5.74, 6) is 7.17. The van der Waals surface area contributed by atoms with E-state index in [1.807, 2.05) is 6.26 Å². The molecule has 0 spiro atoms. The van der Waals surface area contributed by atoms with E-state index in [0.29, 0.717) is 34.1 Å². The maximum atomic E-state index is 11.1. The van der Waals surface area contributed by atoms with Gasteiger partial charge in [-0.25, -0.2) is 9.97 Å². The van der Waals surface area contributed by atoms with Gasteiger partial charge in [-0.15, -0.1) is 0 Å². The Labute approximate surface area is 133 Å². The van der Waals surface area contributed by atoms with E-state index >= 15 is 0 Å². The molecule has 2 rings (SSSR count). The molecule has 1 aromatic carbocycles. The summed E-state index contributed by atoms with van der Waals surface area (Å²) in [4.78, 5) is 19.3. The summed E-state index contributed by atoms with van der Waals surface area (Å²) in [6.07, 6.45) is 4.07. The van der Waals surface area contributed by atoms with Gasteiger partial charge in [-0.2, -0.15) is 0 Å². The van der Waals surface area contributed by atoms with Gasteiger partial charge >= 0.3 is 0 Å². The van der Waals surface area contributed by atoms with Crippen LogP contribution in [0.2, 0.25) is 0 Å². The van der Waals surface area contributed by atoms with E-state index in [2.05, 4.69) is 21.8 Å². The van der Waals surface area contributed by atoms with Crippen molar-refractivity contribution in [1.82, 2.24) is 9.97 Å². The Balaban J connectivity index is 2.40. The van der Waals surface area contributed by atoms with Crippen molar-refractivity contribution in [2.75, 3.05) is 20.5 Å². The van der Waals surface area contributed by atoms with Gasteiger partial charge in [0.15, 0.2) is 11.4 Å². The Bertz CT molecular complexity index is 729. The number of aromatic nitrogens is 2. The summed E-state index contributed by atoms with van der Waals surface area (Å²) in [5, 5.41) is 0.538. The van der Waals surface area contributed by atoms with Crippen LogP contribution in [0.15, 0.2) is 29.6 Å². The summed E-state index contributed by atoms with van der Waals surface area (Å²) in [6, 6.07) is 5.33. The minimum absolute atomic E-state index is 0.279. The van der Waals surface area contributed by atoms with Crippen molar-refractivity contribution in [1.29, 1.82) is 0 Å². The first-order chi connectivity index (χ1) is 10.7. The molecule has 0 saturated heterocycles. The van der Waals surface area contributed by atoms with E-state index < -0.39 is 0 Å². The predicted molar refractivity (Wildman–Crippen MR) is 84.7 cm³/mol. The summed E-state index contributed by atoms with van der Waals surface area (Å²) in [7, 11) is 3.15. The second-order valence-electron chi connectivity index (χ2n) is 4.12. The Morgan fingerprint density at radius 1 is 1.14 bits per heavy atom. The summed E-state index contributed by atoms with van der Waals surface area (Å²) >= 11 is 1.37. The summed E-state index contributed by atoms with van der Waals surface area (Å²) in [6.45, 7) is 0. The van der Waals surface area contributed by atoms with Crippen LogP contribution in [0.3, 0.4) is 0 Å². The number of carbonyl (C=O) groups is 1. The highest BCUT2D eigenvalue weighted by Gasteiger charge is 2.04. The molecule has 2 aromatic rings. The van der Waals surface area contributed by atoms with Gasteiger partial charge < -0.3 is 9.47 Å². The summed E-state index contributed by atoms with van der Waals surface area (Å²) in [5.41, 5.74) is 1.47. The van der Waals surface area contributed by atoms with Gasteiger partial charge in [0.25, 0.3) is 0 Å². The van der Waals surface area contributed by atoms with Gasteiger partial charge in [-0.05, 0) is 18.4 Å². The standard InChI is InChI=1S/C16H14N2O3S/c1-20-13-6-11(7-14(8-13)21-2)4-5-12-9-17-16(22-3)18-15(12)10-19/h6-10H,1-3H3. The lowest BCUT2D eigenvalue weighted by Crippen LogP contribution is -1.97. The zero-order chi connectivity index (χ0) is 15.9. The van der Waals surface area contributed by atoms with Gasteiger partial charge in [-0.1, -0.05) is 23.6 Å². The third kappa shape index (κ3) is 3.77. The van der Waals surface area contributed by atoms with Crippen LogP contribution < -0.4 is 9.47 Å². The molecule has 0 amide bonds. The number of benzene rings is 1. The fraction of sp³-hybridized carbons (Fsp3) is 0.188. The highest BCUT2D eigenvalue weighted by atomic mass is 32.2. The fourth-order valence-corrected chi connectivity index (χ4v) is 2.03. The highest BCUT2D eigenvalue weighted by molar-refractivity contribution is 7.98. The molecule has 6 heteroatoms. The van der Waals surface area contributed by atoms with Gasteiger partial charge in [0.05, 0.1) is 19.8 Å². The third-order valence-corrected chi connectivity index (χ3v) is 3.35. The second-order valence-corrected chi connectivity index (χ2v) is 4.90. The highest BCUT2D eigenvalue weighted by Crippen LogP contribution is 2.22. The van der Waals surface area contributed by atoms with Crippen LogP contribution in [0.5, 0.6) is 11.5 Å². The molecule has 112 valence electrons. The molecule has 0 N–H and O–H groups in total. The molecule has 0 aliphatic carbocycles. The Morgan fingerprint density at radius 2 is 1.82 bits per heavy atom. The van der Waals surface area contributed by atoms with Crippen molar-refractivity contribution in [2.24, 2.45) is 0 Å². The van der Waals surface area contributed by atoms with E-state index in [1.54, 1.807) is 38.6 Å². The number of carbonyl (C=O) groups excluding carboxylic acids is 1. The van der Waals surface area contributed by atoms with Crippen LogP contribution in [0.25, 0.3) is 0 Å². The van der Waals surface area contributed by atoms with E-state index in [1.165, 1.54) is 11.8 Å². The molecule has 1 aromatic heterocycles. The van der Waals surface area contributed by atoms with Gasteiger partial charge in [0, 0.05) is 17.8 Å². The molecule has 0 radical (unpaired) electrons. The van der Waals surface area contributed by atoms with Crippen molar-refractivity contribution in [2.45, 2.75) is 5.16 Å². The lowest BCUT2D eigenvalue weighted by molar-refractivity contribution is 0.111. The zero-order valence-electron chi connectivity index (χ0n) is 12.4. The molecule has 0 atom stereocenters. The number of thioether (sulfide) groups is 1. The molecular formula is C16H14N2O3S. The number of nitrogens with zero attached hydrogens (tertiary/aromatic N) is 2. The monoisotopic (exact) mass is 314 g/mol. The summed E-state index contributed by atoms with van der Waals surface area (Å²) < 4.78 is 10.4. The average Bonchev–Trinajstić information content (AvgIpc) is 2.59. The molecule has 0 fully saturated rings. The van der Waals surface area contributed by atoms with Crippen molar-refractivity contribution >= 4 is 18.0 Å². The predicted octanol–water partition coefficient (Wildman–Crippen LogP) is 2.43. The number of ether oxygens (including phenoxy) is 2. The number of rotatable bonds is 4. The number of methoxy groups -OCH3 is 2.